The Morgan fingerprint density at radius 3 is 2.43 bits per heavy atom. The second-order valence-electron chi connectivity index (χ2n) is 5.47. The van der Waals surface area contributed by atoms with Crippen molar-refractivity contribution in [3.8, 4) is 0 Å². The molecule has 0 aliphatic heterocycles. The molecule has 0 aromatic heterocycles. The molecule has 2 aromatic rings. The summed E-state index contributed by atoms with van der Waals surface area (Å²) in [7, 11) is 0. The summed E-state index contributed by atoms with van der Waals surface area (Å²) in [5.41, 5.74) is 5.55. The van der Waals surface area contributed by atoms with Gasteiger partial charge in [0, 0.05) is 12.2 Å². The van der Waals surface area contributed by atoms with Gasteiger partial charge < -0.3 is 10.4 Å². The third-order valence-corrected chi connectivity index (χ3v) is 3.73. The van der Waals surface area contributed by atoms with Crippen molar-refractivity contribution in [2.75, 3.05) is 5.32 Å². The molecule has 0 heterocycles. The Morgan fingerprint density at radius 2 is 1.81 bits per heavy atom. The van der Waals surface area contributed by atoms with Crippen LogP contribution in [0, 0.1) is 13.8 Å². The highest BCUT2D eigenvalue weighted by atomic mass is 16.4. The number of aliphatic carboxylic acids is 1. The standard InChI is InChI=1S/C18H21NO2/c1-12-4-5-13(2)17(10-12)19-11-15-6-8-16(9-7-15)14(3)18(20)21/h4-10,14,19H,11H2,1-3H3,(H,20,21). The highest BCUT2D eigenvalue weighted by Crippen LogP contribution is 2.19. The Bertz CT molecular complexity index is 632. The number of anilines is 1. The van der Waals surface area contributed by atoms with Crippen LogP contribution in [-0.4, -0.2) is 11.1 Å². The van der Waals surface area contributed by atoms with E-state index in [9.17, 15) is 4.79 Å². The normalized spacial score (nSPS) is 12.0. The van der Waals surface area contributed by atoms with Crippen molar-refractivity contribution in [2.24, 2.45) is 0 Å². The Morgan fingerprint density at radius 1 is 1.14 bits per heavy atom. The molecule has 3 nitrogen and oxygen atoms in total. The number of aryl methyl sites for hydroxylation is 2. The van der Waals surface area contributed by atoms with Gasteiger partial charge in [-0.05, 0) is 49.1 Å². The number of benzene rings is 2. The van der Waals surface area contributed by atoms with Crippen molar-refractivity contribution in [3.63, 3.8) is 0 Å². The van der Waals surface area contributed by atoms with Crippen molar-refractivity contribution >= 4 is 11.7 Å². The molecule has 2 aromatic carbocycles. The summed E-state index contributed by atoms with van der Waals surface area (Å²) in [6.07, 6.45) is 0. The van der Waals surface area contributed by atoms with Crippen molar-refractivity contribution in [3.05, 3.63) is 64.7 Å². The molecule has 2 rings (SSSR count). The maximum absolute atomic E-state index is 11.0. The van der Waals surface area contributed by atoms with Gasteiger partial charge in [0.2, 0.25) is 0 Å². The minimum atomic E-state index is -0.795. The van der Waals surface area contributed by atoms with Crippen LogP contribution in [0.5, 0.6) is 0 Å². The number of rotatable bonds is 5. The summed E-state index contributed by atoms with van der Waals surface area (Å²) in [5.74, 6) is -1.26. The van der Waals surface area contributed by atoms with E-state index in [-0.39, 0.29) is 0 Å². The molecule has 0 aliphatic carbocycles. The van der Waals surface area contributed by atoms with Crippen LogP contribution in [0.1, 0.15) is 35.1 Å². The zero-order chi connectivity index (χ0) is 15.4. The van der Waals surface area contributed by atoms with E-state index in [2.05, 4.69) is 37.4 Å². The first-order valence-electron chi connectivity index (χ1n) is 7.10. The predicted octanol–water partition coefficient (Wildman–Crippen LogP) is 4.10. The zero-order valence-corrected chi connectivity index (χ0v) is 12.7. The van der Waals surface area contributed by atoms with Gasteiger partial charge in [0.25, 0.3) is 0 Å². The molecule has 0 spiro atoms. The molecule has 0 radical (unpaired) electrons. The molecular formula is C18H21NO2. The summed E-state index contributed by atoms with van der Waals surface area (Å²) >= 11 is 0. The van der Waals surface area contributed by atoms with Crippen molar-refractivity contribution in [2.45, 2.75) is 33.2 Å². The fraction of sp³-hybridized carbons (Fsp3) is 0.278. The van der Waals surface area contributed by atoms with Crippen LogP contribution < -0.4 is 5.32 Å². The summed E-state index contributed by atoms with van der Waals surface area (Å²) in [4.78, 5) is 11.0. The maximum atomic E-state index is 11.0. The quantitative estimate of drug-likeness (QED) is 0.868. The Labute approximate surface area is 125 Å². The highest BCUT2D eigenvalue weighted by Gasteiger charge is 2.12. The fourth-order valence-electron chi connectivity index (χ4n) is 2.19. The number of nitrogens with one attached hydrogen (secondary N) is 1. The van der Waals surface area contributed by atoms with E-state index in [1.54, 1.807) is 6.92 Å². The van der Waals surface area contributed by atoms with Gasteiger partial charge in [-0.2, -0.15) is 0 Å². The van der Waals surface area contributed by atoms with Crippen LogP contribution in [0.4, 0.5) is 5.69 Å². The molecule has 21 heavy (non-hydrogen) atoms. The zero-order valence-electron chi connectivity index (χ0n) is 12.7. The van der Waals surface area contributed by atoms with E-state index in [0.29, 0.717) is 0 Å². The maximum Gasteiger partial charge on any atom is 0.310 e. The van der Waals surface area contributed by atoms with Gasteiger partial charge in [0.1, 0.15) is 0 Å². The molecule has 0 saturated carbocycles. The van der Waals surface area contributed by atoms with Gasteiger partial charge in [0.05, 0.1) is 5.92 Å². The number of hydrogen-bond donors (Lipinski definition) is 2. The first-order valence-corrected chi connectivity index (χ1v) is 7.10. The molecule has 3 heteroatoms. The number of carboxylic acids is 1. The molecule has 0 saturated heterocycles. The van der Waals surface area contributed by atoms with Crippen LogP contribution in [0.15, 0.2) is 42.5 Å². The van der Waals surface area contributed by atoms with E-state index in [1.165, 1.54) is 11.1 Å². The summed E-state index contributed by atoms with van der Waals surface area (Å²) < 4.78 is 0. The largest absolute Gasteiger partial charge is 0.481 e. The molecule has 2 N–H and O–H groups in total. The summed E-state index contributed by atoms with van der Waals surface area (Å²) in [6.45, 7) is 6.59. The minimum absolute atomic E-state index is 0.467. The molecule has 0 aliphatic rings. The van der Waals surface area contributed by atoms with Gasteiger partial charge >= 0.3 is 5.97 Å². The second kappa shape index (κ2) is 6.44. The molecule has 110 valence electrons. The van der Waals surface area contributed by atoms with Crippen molar-refractivity contribution < 1.29 is 9.90 Å². The Hall–Kier alpha value is -2.29. The lowest BCUT2D eigenvalue weighted by Gasteiger charge is -2.12. The van der Waals surface area contributed by atoms with E-state index in [0.717, 1.165) is 23.4 Å². The van der Waals surface area contributed by atoms with E-state index in [4.69, 9.17) is 5.11 Å². The van der Waals surface area contributed by atoms with Gasteiger partial charge in [0.15, 0.2) is 0 Å². The third kappa shape index (κ3) is 3.85. The van der Waals surface area contributed by atoms with Gasteiger partial charge in [-0.3, -0.25) is 4.79 Å². The Balaban J connectivity index is 2.04. The topological polar surface area (TPSA) is 49.3 Å². The Kier molecular flexibility index (Phi) is 4.63. The van der Waals surface area contributed by atoms with Gasteiger partial charge in [-0.25, -0.2) is 0 Å². The van der Waals surface area contributed by atoms with Crippen LogP contribution in [0.25, 0.3) is 0 Å². The fourth-order valence-corrected chi connectivity index (χ4v) is 2.19. The van der Waals surface area contributed by atoms with Crippen LogP contribution in [0.2, 0.25) is 0 Å². The monoisotopic (exact) mass is 283 g/mol. The lowest BCUT2D eigenvalue weighted by atomic mass is 10.00. The van der Waals surface area contributed by atoms with Gasteiger partial charge in [-0.15, -0.1) is 0 Å². The average Bonchev–Trinajstić information content (AvgIpc) is 2.48. The van der Waals surface area contributed by atoms with E-state index >= 15 is 0 Å². The molecule has 0 amide bonds. The van der Waals surface area contributed by atoms with Crippen molar-refractivity contribution in [1.29, 1.82) is 0 Å². The van der Waals surface area contributed by atoms with Gasteiger partial charge in [-0.1, -0.05) is 36.4 Å². The number of carbonyl (C=O) groups is 1. The molecule has 1 unspecified atom stereocenters. The summed E-state index contributed by atoms with van der Waals surface area (Å²) in [5, 5.41) is 12.4. The van der Waals surface area contributed by atoms with E-state index in [1.807, 2.05) is 24.3 Å². The van der Waals surface area contributed by atoms with Crippen LogP contribution in [0.3, 0.4) is 0 Å². The van der Waals surface area contributed by atoms with E-state index < -0.39 is 11.9 Å². The second-order valence-corrected chi connectivity index (χ2v) is 5.47. The average molecular weight is 283 g/mol. The third-order valence-electron chi connectivity index (χ3n) is 3.73. The summed E-state index contributed by atoms with van der Waals surface area (Å²) in [6, 6.07) is 14.1. The predicted molar refractivity (Wildman–Crippen MR) is 85.7 cm³/mol. The number of carboxylic acid groups (broad SMARTS) is 1. The lowest BCUT2D eigenvalue weighted by Crippen LogP contribution is -2.07. The highest BCUT2D eigenvalue weighted by molar-refractivity contribution is 5.75. The molecule has 1 atom stereocenters. The smallest absolute Gasteiger partial charge is 0.310 e. The number of hydrogen-bond acceptors (Lipinski definition) is 2. The van der Waals surface area contributed by atoms with Crippen LogP contribution in [-0.2, 0) is 11.3 Å². The minimum Gasteiger partial charge on any atom is -0.481 e. The lowest BCUT2D eigenvalue weighted by molar-refractivity contribution is -0.138. The molecule has 0 fully saturated rings. The van der Waals surface area contributed by atoms with Crippen molar-refractivity contribution in [1.82, 2.24) is 0 Å². The first-order chi connectivity index (χ1) is 9.97. The first kappa shape index (κ1) is 15.1. The molecular weight excluding hydrogens is 262 g/mol. The molecule has 0 bridgehead atoms. The van der Waals surface area contributed by atoms with Crippen LogP contribution >= 0.6 is 0 Å². The SMILES string of the molecule is Cc1ccc(C)c(NCc2ccc(C(C)C(=O)O)cc2)c1.